The fourth-order valence-corrected chi connectivity index (χ4v) is 2.41. The predicted molar refractivity (Wildman–Crippen MR) is 77.1 cm³/mol. The quantitative estimate of drug-likeness (QED) is 0.845. The lowest BCUT2D eigenvalue weighted by Crippen LogP contribution is -2.58. The van der Waals surface area contributed by atoms with Gasteiger partial charge in [-0.15, -0.1) is 0 Å². The van der Waals surface area contributed by atoms with Crippen molar-refractivity contribution in [3.05, 3.63) is 23.8 Å². The Kier molecular flexibility index (Phi) is 4.66. The molecule has 0 aromatic heterocycles. The van der Waals surface area contributed by atoms with Crippen molar-refractivity contribution in [2.75, 3.05) is 34.4 Å². The summed E-state index contributed by atoms with van der Waals surface area (Å²) in [5.41, 5.74) is 1.28. The summed E-state index contributed by atoms with van der Waals surface area (Å²) in [6.07, 6.45) is 1.02. The van der Waals surface area contributed by atoms with Crippen LogP contribution in [-0.4, -0.2) is 51.3 Å². The average molecular weight is 264 g/mol. The summed E-state index contributed by atoms with van der Waals surface area (Å²) in [6, 6.07) is 7.36. The third kappa shape index (κ3) is 3.19. The molecule has 1 heterocycles. The third-order valence-corrected chi connectivity index (χ3v) is 4.01. The average Bonchev–Trinajstić information content (AvgIpc) is 2.36. The van der Waals surface area contributed by atoms with Gasteiger partial charge in [-0.25, -0.2) is 0 Å². The van der Waals surface area contributed by atoms with E-state index in [4.69, 9.17) is 9.47 Å². The largest absolute Gasteiger partial charge is 0.493 e. The van der Waals surface area contributed by atoms with Crippen LogP contribution < -0.4 is 14.8 Å². The number of hydrogen-bond acceptors (Lipinski definition) is 4. The topological polar surface area (TPSA) is 33.7 Å². The van der Waals surface area contributed by atoms with Gasteiger partial charge in [0.1, 0.15) is 0 Å². The number of hydrogen-bond donors (Lipinski definition) is 1. The van der Waals surface area contributed by atoms with Gasteiger partial charge in [0.2, 0.25) is 0 Å². The van der Waals surface area contributed by atoms with Crippen molar-refractivity contribution in [1.29, 1.82) is 0 Å². The highest BCUT2D eigenvalue weighted by Gasteiger charge is 2.25. The number of nitrogens with zero attached hydrogens (tertiary/aromatic N) is 1. The van der Waals surface area contributed by atoms with E-state index in [1.54, 1.807) is 14.2 Å². The Hall–Kier alpha value is -1.26. The van der Waals surface area contributed by atoms with Crippen LogP contribution in [-0.2, 0) is 6.42 Å². The number of likely N-dealkylation sites (N-methyl/N-ethyl adjacent to an activating group) is 1. The SMILES string of the molecule is COc1ccc(CC(C)N(C)C2CNC2)cc1OC. The van der Waals surface area contributed by atoms with Crippen molar-refractivity contribution in [1.82, 2.24) is 10.2 Å². The zero-order chi connectivity index (χ0) is 13.8. The molecule has 4 heteroatoms. The Morgan fingerprint density at radius 2 is 1.95 bits per heavy atom. The normalized spacial score (nSPS) is 17.1. The van der Waals surface area contributed by atoms with Gasteiger partial charge in [-0.3, -0.25) is 4.90 Å². The summed E-state index contributed by atoms with van der Waals surface area (Å²) in [5.74, 6) is 1.59. The van der Waals surface area contributed by atoms with Gasteiger partial charge in [-0.2, -0.15) is 0 Å². The summed E-state index contributed by atoms with van der Waals surface area (Å²) < 4.78 is 10.6. The Bertz CT molecular complexity index is 419. The summed E-state index contributed by atoms with van der Waals surface area (Å²) in [5, 5.41) is 3.32. The zero-order valence-electron chi connectivity index (χ0n) is 12.3. The standard InChI is InChI=1S/C15H24N2O2/c1-11(17(2)13-9-16-10-13)7-12-5-6-14(18-3)15(8-12)19-4/h5-6,8,11,13,16H,7,9-10H2,1-4H3. The second-order valence-corrected chi connectivity index (χ2v) is 5.22. The molecule has 0 spiro atoms. The van der Waals surface area contributed by atoms with Crippen molar-refractivity contribution < 1.29 is 9.47 Å². The lowest BCUT2D eigenvalue weighted by molar-refractivity contribution is 0.135. The van der Waals surface area contributed by atoms with E-state index in [2.05, 4.69) is 36.3 Å². The molecule has 0 saturated carbocycles. The molecule has 1 aromatic rings. The minimum absolute atomic E-state index is 0.519. The minimum Gasteiger partial charge on any atom is -0.493 e. The Morgan fingerprint density at radius 3 is 2.47 bits per heavy atom. The van der Waals surface area contributed by atoms with Crippen molar-refractivity contribution in [2.24, 2.45) is 0 Å². The molecule has 1 unspecified atom stereocenters. The van der Waals surface area contributed by atoms with Crippen LogP contribution in [0.15, 0.2) is 18.2 Å². The molecule has 0 aliphatic carbocycles. The molecule has 1 aliphatic rings. The van der Waals surface area contributed by atoms with Crippen LogP contribution in [0, 0.1) is 0 Å². The van der Waals surface area contributed by atoms with Crippen LogP contribution in [0.5, 0.6) is 11.5 Å². The van der Waals surface area contributed by atoms with Crippen molar-refractivity contribution in [3.63, 3.8) is 0 Å². The number of rotatable bonds is 6. The molecule has 1 aliphatic heterocycles. The van der Waals surface area contributed by atoms with Crippen LogP contribution in [0.4, 0.5) is 0 Å². The summed E-state index contributed by atoms with van der Waals surface area (Å²) >= 11 is 0. The van der Waals surface area contributed by atoms with Gasteiger partial charge < -0.3 is 14.8 Å². The highest BCUT2D eigenvalue weighted by molar-refractivity contribution is 5.43. The fourth-order valence-electron chi connectivity index (χ4n) is 2.41. The Labute approximate surface area is 115 Å². The van der Waals surface area contributed by atoms with Gasteiger partial charge in [0, 0.05) is 25.2 Å². The number of ether oxygens (including phenoxy) is 2. The molecule has 0 amide bonds. The first-order valence-electron chi connectivity index (χ1n) is 6.79. The Morgan fingerprint density at radius 1 is 1.26 bits per heavy atom. The lowest BCUT2D eigenvalue weighted by Gasteiger charge is -2.39. The monoisotopic (exact) mass is 264 g/mol. The molecule has 1 saturated heterocycles. The van der Waals surface area contributed by atoms with Crippen LogP contribution in [0.1, 0.15) is 12.5 Å². The van der Waals surface area contributed by atoms with E-state index in [1.807, 2.05) is 6.07 Å². The van der Waals surface area contributed by atoms with Crippen LogP contribution in [0.25, 0.3) is 0 Å². The van der Waals surface area contributed by atoms with Crippen LogP contribution >= 0.6 is 0 Å². The van der Waals surface area contributed by atoms with Crippen LogP contribution in [0.3, 0.4) is 0 Å². The van der Waals surface area contributed by atoms with E-state index >= 15 is 0 Å². The molecular weight excluding hydrogens is 240 g/mol. The van der Waals surface area contributed by atoms with Gasteiger partial charge >= 0.3 is 0 Å². The highest BCUT2D eigenvalue weighted by atomic mass is 16.5. The number of methoxy groups -OCH3 is 2. The highest BCUT2D eigenvalue weighted by Crippen LogP contribution is 2.28. The van der Waals surface area contributed by atoms with Crippen molar-refractivity contribution in [3.8, 4) is 11.5 Å². The molecular formula is C15H24N2O2. The first-order chi connectivity index (χ1) is 9.15. The van der Waals surface area contributed by atoms with Gasteiger partial charge in [-0.1, -0.05) is 6.07 Å². The molecule has 0 bridgehead atoms. The molecule has 1 aromatic carbocycles. The summed E-state index contributed by atoms with van der Waals surface area (Å²) in [7, 11) is 5.55. The second kappa shape index (κ2) is 6.26. The second-order valence-electron chi connectivity index (χ2n) is 5.22. The predicted octanol–water partition coefficient (Wildman–Crippen LogP) is 1.54. The molecule has 106 valence electrons. The van der Waals surface area contributed by atoms with Crippen molar-refractivity contribution >= 4 is 0 Å². The van der Waals surface area contributed by atoms with Gasteiger partial charge in [0.25, 0.3) is 0 Å². The smallest absolute Gasteiger partial charge is 0.160 e. The van der Waals surface area contributed by atoms with Crippen LogP contribution in [0.2, 0.25) is 0 Å². The van der Waals surface area contributed by atoms with E-state index in [1.165, 1.54) is 5.56 Å². The van der Waals surface area contributed by atoms with E-state index in [0.29, 0.717) is 12.1 Å². The summed E-state index contributed by atoms with van der Waals surface area (Å²) in [6.45, 7) is 4.48. The first-order valence-corrected chi connectivity index (χ1v) is 6.79. The number of benzene rings is 1. The molecule has 19 heavy (non-hydrogen) atoms. The maximum atomic E-state index is 5.35. The van der Waals surface area contributed by atoms with Gasteiger partial charge in [0.05, 0.1) is 14.2 Å². The zero-order valence-corrected chi connectivity index (χ0v) is 12.3. The van der Waals surface area contributed by atoms with E-state index in [9.17, 15) is 0 Å². The van der Waals surface area contributed by atoms with E-state index < -0.39 is 0 Å². The summed E-state index contributed by atoms with van der Waals surface area (Å²) in [4.78, 5) is 2.45. The number of nitrogens with one attached hydrogen (secondary N) is 1. The fraction of sp³-hybridized carbons (Fsp3) is 0.600. The molecule has 1 fully saturated rings. The Balaban J connectivity index is 2.01. The lowest BCUT2D eigenvalue weighted by atomic mass is 10.0. The molecule has 2 rings (SSSR count). The minimum atomic E-state index is 0.519. The first kappa shape index (κ1) is 14.2. The van der Waals surface area contributed by atoms with E-state index in [-0.39, 0.29) is 0 Å². The molecule has 4 nitrogen and oxygen atoms in total. The maximum absolute atomic E-state index is 5.35. The van der Waals surface area contributed by atoms with Gasteiger partial charge in [-0.05, 0) is 38.1 Å². The maximum Gasteiger partial charge on any atom is 0.160 e. The molecule has 1 N–H and O–H groups in total. The third-order valence-electron chi connectivity index (χ3n) is 4.01. The molecule has 0 radical (unpaired) electrons. The van der Waals surface area contributed by atoms with E-state index in [0.717, 1.165) is 31.0 Å². The van der Waals surface area contributed by atoms with Gasteiger partial charge in [0.15, 0.2) is 11.5 Å². The van der Waals surface area contributed by atoms with Crippen molar-refractivity contribution in [2.45, 2.75) is 25.4 Å². The molecule has 1 atom stereocenters.